The van der Waals surface area contributed by atoms with Gasteiger partial charge in [0, 0.05) is 32.7 Å². The predicted molar refractivity (Wildman–Crippen MR) is 173 cm³/mol. The smallest absolute Gasteiger partial charge is 0.307 e. The van der Waals surface area contributed by atoms with E-state index < -0.39 is 5.97 Å². The van der Waals surface area contributed by atoms with Gasteiger partial charge in [0.25, 0.3) is 0 Å². The molecule has 1 atom stereocenters. The Bertz CT molecular complexity index is 1370. The number of nitrogens with zero attached hydrogens (tertiary/aromatic N) is 2. The summed E-state index contributed by atoms with van der Waals surface area (Å²) in [6.45, 7) is 3.62. The van der Waals surface area contributed by atoms with Gasteiger partial charge in [0.15, 0.2) is 0 Å². The van der Waals surface area contributed by atoms with E-state index in [9.17, 15) is 9.90 Å². The number of hydrogen-bond donors (Lipinski definition) is 2. The van der Waals surface area contributed by atoms with E-state index in [1.54, 1.807) is 0 Å². The normalized spacial score (nSPS) is 16.8. The SMILES string of the molecule is Cl.O=C(O)[C@@H]1CCCN(CCCN2c3ccccc3Sc3ccccc32)C1.c1ccc2c(c1)Nc1ccccc1S2. The predicted octanol–water partition coefficient (Wildman–Crippen LogP) is 8.79. The number of benzene rings is 4. The molecule has 0 radical (unpaired) electrons. The fourth-order valence-electron chi connectivity index (χ4n) is 5.52. The standard InChI is InChI=1S/C21H24N2O2S.C12H9NS.ClH/c24-21(25)16-7-5-12-22(15-16)13-6-14-23-17-8-1-3-10-19(17)26-20-11-4-2-9-18(20)23;1-3-7-11-9(5-1)13-10-6-2-4-8-12(10)14-11;/h1-4,8-11,16H,5-7,12-15H2,(H,24,25);1-8,13H;1H/t16-;;/m1../s1. The zero-order valence-corrected chi connectivity index (χ0v) is 25.2. The van der Waals surface area contributed by atoms with Gasteiger partial charge in [-0.2, -0.15) is 0 Å². The number of para-hydroxylation sites is 4. The number of fused-ring (bicyclic) bond motifs is 4. The Hall–Kier alpha value is -3.10. The second kappa shape index (κ2) is 13.7. The summed E-state index contributed by atoms with van der Waals surface area (Å²) in [6, 6.07) is 33.9. The van der Waals surface area contributed by atoms with Gasteiger partial charge in [-0.25, -0.2) is 0 Å². The molecule has 0 spiro atoms. The Morgan fingerprint density at radius 3 is 1.85 bits per heavy atom. The van der Waals surface area contributed by atoms with Crippen molar-refractivity contribution in [1.82, 2.24) is 4.90 Å². The van der Waals surface area contributed by atoms with Crippen LogP contribution < -0.4 is 10.2 Å². The maximum absolute atomic E-state index is 11.3. The topological polar surface area (TPSA) is 55.8 Å². The van der Waals surface area contributed by atoms with Crippen molar-refractivity contribution in [2.45, 2.75) is 38.8 Å². The number of carbonyl (C=O) groups is 1. The monoisotopic (exact) mass is 603 g/mol. The molecule has 1 saturated heterocycles. The fraction of sp³-hybridized carbons (Fsp3) is 0.242. The highest BCUT2D eigenvalue weighted by molar-refractivity contribution is 8.00. The summed E-state index contributed by atoms with van der Waals surface area (Å²) in [5.74, 6) is -0.845. The summed E-state index contributed by atoms with van der Waals surface area (Å²) >= 11 is 3.65. The largest absolute Gasteiger partial charge is 0.481 e. The number of carboxylic acids is 1. The molecule has 0 amide bonds. The highest BCUT2D eigenvalue weighted by atomic mass is 35.5. The average Bonchev–Trinajstić information content (AvgIpc) is 3.00. The fourth-order valence-corrected chi connectivity index (χ4v) is 7.60. The summed E-state index contributed by atoms with van der Waals surface area (Å²) in [5.41, 5.74) is 4.96. The quantitative estimate of drug-likeness (QED) is 0.208. The Morgan fingerprint density at radius 2 is 1.27 bits per heavy atom. The van der Waals surface area contributed by atoms with Crippen molar-refractivity contribution >= 4 is 64.6 Å². The van der Waals surface area contributed by atoms with Crippen LogP contribution in [0.3, 0.4) is 0 Å². The molecule has 8 heteroatoms. The minimum atomic E-state index is -0.648. The van der Waals surface area contributed by atoms with Crippen LogP contribution in [0.1, 0.15) is 19.3 Å². The van der Waals surface area contributed by atoms with Crippen molar-refractivity contribution < 1.29 is 9.90 Å². The van der Waals surface area contributed by atoms with Crippen LogP contribution >= 0.6 is 35.9 Å². The molecular weight excluding hydrogens is 570 g/mol. The maximum Gasteiger partial charge on any atom is 0.307 e. The number of hydrogen-bond acceptors (Lipinski definition) is 6. The van der Waals surface area contributed by atoms with Gasteiger partial charge in [0.05, 0.1) is 28.7 Å². The molecule has 5 nitrogen and oxygen atoms in total. The lowest BCUT2D eigenvalue weighted by Gasteiger charge is -2.34. The van der Waals surface area contributed by atoms with E-state index in [-0.39, 0.29) is 18.3 Å². The lowest BCUT2D eigenvalue weighted by Crippen LogP contribution is -2.39. The minimum absolute atomic E-state index is 0. The number of nitrogens with one attached hydrogen (secondary N) is 1. The van der Waals surface area contributed by atoms with E-state index in [2.05, 4.69) is 112 Å². The van der Waals surface area contributed by atoms with Gasteiger partial charge < -0.3 is 20.2 Å². The summed E-state index contributed by atoms with van der Waals surface area (Å²) in [5, 5.41) is 12.7. The van der Waals surface area contributed by atoms with Crippen LogP contribution in [0.4, 0.5) is 22.7 Å². The molecule has 3 heterocycles. The molecule has 0 saturated carbocycles. The molecule has 4 aromatic carbocycles. The Kier molecular flexibility index (Phi) is 9.83. The van der Waals surface area contributed by atoms with Gasteiger partial charge in [-0.05, 0) is 80.9 Å². The van der Waals surface area contributed by atoms with Crippen LogP contribution in [-0.4, -0.2) is 42.2 Å². The third-order valence-electron chi connectivity index (χ3n) is 7.51. The Balaban J connectivity index is 0.000000189. The Morgan fingerprint density at radius 1 is 0.756 bits per heavy atom. The highest BCUT2D eigenvalue weighted by Gasteiger charge is 2.26. The first-order valence-corrected chi connectivity index (χ1v) is 15.5. The first-order valence-electron chi connectivity index (χ1n) is 13.9. The van der Waals surface area contributed by atoms with E-state index in [4.69, 9.17) is 0 Å². The molecular formula is C33H34ClN3O2S2. The van der Waals surface area contributed by atoms with Crippen LogP contribution in [0.25, 0.3) is 0 Å². The molecule has 3 aliphatic rings. The molecule has 2 N–H and O–H groups in total. The summed E-state index contributed by atoms with van der Waals surface area (Å²) in [7, 11) is 0. The van der Waals surface area contributed by atoms with Crippen molar-refractivity contribution in [3.05, 3.63) is 97.1 Å². The van der Waals surface area contributed by atoms with Crippen LogP contribution in [0.5, 0.6) is 0 Å². The van der Waals surface area contributed by atoms with E-state index in [1.807, 2.05) is 23.5 Å². The maximum atomic E-state index is 11.3. The average molecular weight is 604 g/mol. The Labute approximate surface area is 256 Å². The molecule has 41 heavy (non-hydrogen) atoms. The molecule has 212 valence electrons. The third-order valence-corrected chi connectivity index (χ3v) is 9.79. The number of aliphatic carboxylic acids is 1. The number of halogens is 1. The van der Waals surface area contributed by atoms with Crippen LogP contribution in [0, 0.1) is 5.92 Å². The number of rotatable bonds is 5. The molecule has 0 aliphatic carbocycles. The molecule has 0 bridgehead atoms. The first-order chi connectivity index (χ1) is 19.7. The van der Waals surface area contributed by atoms with Crippen LogP contribution in [0.2, 0.25) is 0 Å². The van der Waals surface area contributed by atoms with E-state index in [0.29, 0.717) is 6.54 Å². The second-order valence-electron chi connectivity index (χ2n) is 10.2. The molecule has 0 unspecified atom stereocenters. The van der Waals surface area contributed by atoms with Crippen LogP contribution in [0.15, 0.2) is 117 Å². The van der Waals surface area contributed by atoms with Crippen molar-refractivity contribution in [3.8, 4) is 0 Å². The molecule has 7 rings (SSSR count). The van der Waals surface area contributed by atoms with Gasteiger partial charge in [-0.15, -0.1) is 12.4 Å². The van der Waals surface area contributed by atoms with Gasteiger partial charge in [-0.1, -0.05) is 72.1 Å². The van der Waals surface area contributed by atoms with E-state index in [1.165, 1.54) is 42.3 Å². The summed E-state index contributed by atoms with van der Waals surface area (Å²) in [6.07, 6.45) is 2.83. The number of likely N-dealkylation sites (tertiary alicyclic amines) is 1. The number of carboxylic acid groups (broad SMARTS) is 1. The summed E-state index contributed by atoms with van der Waals surface area (Å²) in [4.78, 5) is 21.2. The highest BCUT2D eigenvalue weighted by Crippen LogP contribution is 2.48. The molecule has 1 fully saturated rings. The van der Waals surface area contributed by atoms with Crippen LogP contribution in [-0.2, 0) is 4.79 Å². The number of anilines is 4. The number of piperidine rings is 1. The summed E-state index contributed by atoms with van der Waals surface area (Å²) < 4.78 is 0. The molecule has 3 aliphatic heterocycles. The van der Waals surface area contributed by atoms with Gasteiger partial charge in [0.1, 0.15) is 0 Å². The first kappa shape index (κ1) is 29.4. The van der Waals surface area contributed by atoms with E-state index >= 15 is 0 Å². The zero-order chi connectivity index (χ0) is 27.3. The van der Waals surface area contributed by atoms with Crippen molar-refractivity contribution in [2.24, 2.45) is 5.92 Å². The van der Waals surface area contributed by atoms with Crippen molar-refractivity contribution in [1.29, 1.82) is 0 Å². The van der Waals surface area contributed by atoms with E-state index in [0.717, 1.165) is 38.9 Å². The van der Waals surface area contributed by atoms with Gasteiger partial charge >= 0.3 is 5.97 Å². The lowest BCUT2D eigenvalue weighted by molar-refractivity contribution is -0.143. The van der Waals surface area contributed by atoms with Crippen molar-refractivity contribution in [2.75, 3.05) is 36.4 Å². The van der Waals surface area contributed by atoms with Crippen molar-refractivity contribution in [3.63, 3.8) is 0 Å². The lowest BCUT2D eigenvalue weighted by atomic mass is 9.98. The zero-order valence-electron chi connectivity index (χ0n) is 22.7. The molecule has 0 aromatic heterocycles. The van der Waals surface area contributed by atoms with Gasteiger partial charge in [-0.3, -0.25) is 4.79 Å². The van der Waals surface area contributed by atoms with Gasteiger partial charge in [0.2, 0.25) is 0 Å². The second-order valence-corrected chi connectivity index (χ2v) is 12.4. The minimum Gasteiger partial charge on any atom is -0.481 e. The third kappa shape index (κ3) is 6.87. The molecule has 4 aromatic rings.